The summed E-state index contributed by atoms with van der Waals surface area (Å²) in [6, 6.07) is 0.414. The number of aliphatic carboxylic acids is 1. The molecule has 0 spiro atoms. The lowest BCUT2D eigenvalue weighted by Gasteiger charge is -2.09. The first-order chi connectivity index (χ1) is 7.34. The first kappa shape index (κ1) is 12.4. The van der Waals surface area contributed by atoms with E-state index in [0.29, 0.717) is 0 Å². The van der Waals surface area contributed by atoms with Crippen molar-refractivity contribution < 1.29 is 32.6 Å². The molecule has 0 heterocycles. The lowest BCUT2D eigenvalue weighted by Crippen LogP contribution is -2.13. The number of alkyl halides is 2. The van der Waals surface area contributed by atoms with Gasteiger partial charge >= 0.3 is 5.97 Å². The van der Waals surface area contributed by atoms with Crippen LogP contribution in [0, 0.1) is 11.6 Å². The van der Waals surface area contributed by atoms with Gasteiger partial charge in [0.2, 0.25) is 0 Å². The van der Waals surface area contributed by atoms with E-state index < -0.39 is 41.3 Å². The molecule has 0 bridgehead atoms. The first-order valence-corrected chi connectivity index (χ1v) is 4.02. The monoisotopic (exact) mass is 238 g/mol. The molecule has 1 unspecified atom stereocenters. The summed E-state index contributed by atoms with van der Waals surface area (Å²) >= 11 is 0. The van der Waals surface area contributed by atoms with Crippen LogP contribution in [0.2, 0.25) is 0 Å². The van der Waals surface area contributed by atoms with Gasteiger partial charge in [0.15, 0.2) is 6.10 Å². The molecule has 0 amide bonds. The Morgan fingerprint density at radius 2 is 1.56 bits per heavy atom. The highest BCUT2D eigenvalue weighted by molar-refractivity contribution is 5.74. The minimum Gasteiger partial charge on any atom is -0.479 e. The SMILES string of the molecule is O=C(O)C(O)c1cc(F)c(C(F)F)cc1F. The molecule has 0 aromatic heterocycles. The molecule has 1 atom stereocenters. The molecular weight excluding hydrogens is 232 g/mol. The summed E-state index contributed by atoms with van der Waals surface area (Å²) in [5.74, 6) is -4.67. The molecule has 0 fully saturated rings. The summed E-state index contributed by atoms with van der Waals surface area (Å²) < 4.78 is 50.3. The molecule has 0 aliphatic heterocycles. The zero-order valence-corrected chi connectivity index (χ0v) is 7.62. The van der Waals surface area contributed by atoms with Gasteiger partial charge in [-0.2, -0.15) is 0 Å². The van der Waals surface area contributed by atoms with Crippen molar-refractivity contribution in [1.82, 2.24) is 0 Å². The van der Waals surface area contributed by atoms with E-state index in [2.05, 4.69) is 0 Å². The summed E-state index contributed by atoms with van der Waals surface area (Å²) in [4.78, 5) is 10.3. The number of aliphatic hydroxyl groups is 1. The Morgan fingerprint density at radius 1 is 1.12 bits per heavy atom. The van der Waals surface area contributed by atoms with Gasteiger partial charge in [0.05, 0.1) is 5.56 Å². The van der Waals surface area contributed by atoms with Crippen LogP contribution < -0.4 is 0 Å². The number of carboxylic acids is 1. The fraction of sp³-hybridized carbons (Fsp3) is 0.222. The van der Waals surface area contributed by atoms with E-state index in [-0.39, 0.29) is 12.1 Å². The van der Waals surface area contributed by atoms with Crippen molar-refractivity contribution in [3.8, 4) is 0 Å². The Hall–Kier alpha value is -1.63. The van der Waals surface area contributed by atoms with E-state index in [1.165, 1.54) is 0 Å². The number of carbonyl (C=O) groups is 1. The molecule has 16 heavy (non-hydrogen) atoms. The molecule has 0 aliphatic rings. The van der Waals surface area contributed by atoms with E-state index in [1.54, 1.807) is 0 Å². The number of hydrogen-bond donors (Lipinski definition) is 2. The molecule has 0 saturated carbocycles. The minimum absolute atomic E-state index is 0.168. The lowest BCUT2D eigenvalue weighted by molar-refractivity contribution is -0.147. The fourth-order valence-corrected chi connectivity index (χ4v) is 1.09. The maximum absolute atomic E-state index is 13.1. The normalized spacial score (nSPS) is 12.9. The number of rotatable bonds is 3. The molecule has 2 N–H and O–H groups in total. The summed E-state index contributed by atoms with van der Waals surface area (Å²) in [6.45, 7) is 0. The van der Waals surface area contributed by atoms with Gasteiger partial charge in [0.1, 0.15) is 11.6 Å². The Bertz CT molecular complexity index is 419. The largest absolute Gasteiger partial charge is 0.479 e. The van der Waals surface area contributed by atoms with Crippen LogP contribution in [0.3, 0.4) is 0 Å². The van der Waals surface area contributed by atoms with E-state index >= 15 is 0 Å². The highest BCUT2D eigenvalue weighted by Crippen LogP contribution is 2.27. The van der Waals surface area contributed by atoms with Crippen LogP contribution in [0.5, 0.6) is 0 Å². The van der Waals surface area contributed by atoms with E-state index in [9.17, 15) is 22.4 Å². The summed E-state index contributed by atoms with van der Waals surface area (Å²) in [5.41, 5.74) is -2.08. The maximum atomic E-state index is 13.1. The van der Waals surface area contributed by atoms with E-state index in [0.717, 1.165) is 0 Å². The quantitative estimate of drug-likeness (QED) is 0.792. The third-order valence-corrected chi connectivity index (χ3v) is 1.88. The van der Waals surface area contributed by atoms with Crippen molar-refractivity contribution >= 4 is 5.97 Å². The Balaban J connectivity index is 3.25. The second-order valence-corrected chi connectivity index (χ2v) is 2.94. The van der Waals surface area contributed by atoms with Gasteiger partial charge in [0, 0.05) is 5.56 Å². The number of hydrogen-bond acceptors (Lipinski definition) is 2. The van der Waals surface area contributed by atoms with Gasteiger partial charge < -0.3 is 10.2 Å². The van der Waals surface area contributed by atoms with Crippen LogP contribution in [0.1, 0.15) is 23.7 Å². The van der Waals surface area contributed by atoms with Gasteiger partial charge in [-0.1, -0.05) is 0 Å². The highest BCUT2D eigenvalue weighted by Gasteiger charge is 2.24. The maximum Gasteiger partial charge on any atom is 0.337 e. The fourth-order valence-electron chi connectivity index (χ4n) is 1.09. The van der Waals surface area contributed by atoms with Crippen LogP contribution in [-0.4, -0.2) is 16.2 Å². The van der Waals surface area contributed by atoms with Crippen LogP contribution >= 0.6 is 0 Å². The molecule has 1 aromatic rings. The summed E-state index contributed by atoms with van der Waals surface area (Å²) in [7, 11) is 0. The van der Waals surface area contributed by atoms with Crippen LogP contribution in [-0.2, 0) is 4.79 Å². The Labute approximate surface area is 86.9 Å². The van der Waals surface area contributed by atoms with Gasteiger partial charge in [-0.3, -0.25) is 0 Å². The standard InChI is InChI=1S/C9H6F4O3/c10-5-2-4(8(12)13)6(11)1-3(5)7(14)9(15)16/h1-2,7-8,14H,(H,15,16). The van der Waals surface area contributed by atoms with Crippen molar-refractivity contribution in [2.75, 3.05) is 0 Å². The Morgan fingerprint density at radius 3 is 2.00 bits per heavy atom. The smallest absolute Gasteiger partial charge is 0.337 e. The molecule has 1 aromatic carbocycles. The number of aliphatic hydroxyl groups excluding tert-OH is 1. The van der Waals surface area contributed by atoms with E-state index in [1.807, 2.05) is 0 Å². The number of halogens is 4. The molecular formula is C9H6F4O3. The predicted molar refractivity (Wildman–Crippen MR) is 43.9 cm³/mol. The summed E-state index contributed by atoms with van der Waals surface area (Å²) in [6.07, 6.45) is -5.51. The molecule has 7 heteroatoms. The number of benzene rings is 1. The second kappa shape index (κ2) is 4.48. The van der Waals surface area contributed by atoms with Gasteiger partial charge in [-0.05, 0) is 12.1 Å². The average Bonchev–Trinajstić information content (AvgIpc) is 2.19. The third kappa shape index (κ3) is 2.30. The van der Waals surface area contributed by atoms with Crippen LogP contribution in [0.4, 0.5) is 17.6 Å². The predicted octanol–water partition coefficient (Wildman–Crippen LogP) is 2.02. The van der Waals surface area contributed by atoms with Crippen molar-refractivity contribution in [3.05, 3.63) is 34.9 Å². The van der Waals surface area contributed by atoms with Gasteiger partial charge in [-0.25, -0.2) is 22.4 Å². The second-order valence-electron chi connectivity index (χ2n) is 2.94. The van der Waals surface area contributed by atoms with Gasteiger partial charge in [0.25, 0.3) is 6.43 Å². The zero-order valence-electron chi connectivity index (χ0n) is 7.62. The number of carboxylic acid groups (broad SMARTS) is 1. The van der Waals surface area contributed by atoms with Crippen LogP contribution in [0.25, 0.3) is 0 Å². The average molecular weight is 238 g/mol. The lowest BCUT2D eigenvalue weighted by atomic mass is 10.1. The summed E-state index contributed by atoms with van der Waals surface area (Å²) in [5, 5.41) is 17.3. The van der Waals surface area contributed by atoms with Crippen molar-refractivity contribution in [2.24, 2.45) is 0 Å². The minimum atomic E-state index is -3.22. The van der Waals surface area contributed by atoms with Crippen molar-refractivity contribution in [3.63, 3.8) is 0 Å². The topological polar surface area (TPSA) is 57.5 Å². The molecule has 0 saturated heterocycles. The third-order valence-electron chi connectivity index (χ3n) is 1.88. The highest BCUT2D eigenvalue weighted by atomic mass is 19.3. The molecule has 1 rings (SSSR count). The first-order valence-electron chi connectivity index (χ1n) is 4.02. The molecule has 0 radical (unpaired) electrons. The zero-order chi connectivity index (χ0) is 12.5. The molecule has 3 nitrogen and oxygen atoms in total. The van der Waals surface area contributed by atoms with E-state index in [4.69, 9.17) is 10.2 Å². The Kier molecular flexibility index (Phi) is 3.48. The van der Waals surface area contributed by atoms with Crippen molar-refractivity contribution in [2.45, 2.75) is 12.5 Å². The van der Waals surface area contributed by atoms with Crippen molar-refractivity contribution in [1.29, 1.82) is 0 Å². The molecule has 88 valence electrons. The van der Waals surface area contributed by atoms with Gasteiger partial charge in [-0.15, -0.1) is 0 Å². The molecule has 0 aliphatic carbocycles. The van der Waals surface area contributed by atoms with Crippen LogP contribution in [0.15, 0.2) is 12.1 Å².